The van der Waals surface area contributed by atoms with Gasteiger partial charge in [-0.3, -0.25) is 0 Å². The van der Waals surface area contributed by atoms with Crippen molar-refractivity contribution < 1.29 is 16.8 Å². The van der Waals surface area contributed by atoms with Gasteiger partial charge in [-0.1, -0.05) is 0 Å². The van der Waals surface area contributed by atoms with E-state index in [0.717, 1.165) is 12.8 Å². The molecule has 0 aromatic heterocycles. The molecule has 0 aliphatic carbocycles. The Hall–Kier alpha value is -0.710. The van der Waals surface area contributed by atoms with Crippen LogP contribution >= 0.6 is 12.4 Å². The van der Waals surface area contributed by atoms with E-state index < -0.39 is 20.0 Å². The quantitative estimate of drug-likeness (QED) is 0.762. The predicted molar refractivity (Wildman–Crippen MR) is 95.1 cm³/mol. The van der Waals surface area contributed by atoms with Crippen molar-refractivity contribution in [3.05, 3.63) is 24.3 Å². The number of nitrogens with two attached hydrogens (primary N) is 1. The molecule has 24 heavy (non-hydrogen) atoms. The summed E-state index contributed by atoms with van der Waals surface area (Å²) in [6.07, 6.45) is 1.48. The third kappa shape index (κ3) is 4.47. The van der Waals surface area contributed by atoms with Crippen LogP contribution in [0.15, 0.2) is 34.1 Å². The van der Waals surface area contributed by atoms with Gasteiger partial charge in [-0.25, -0.2) is 21.6 Å². The summed E-state index contributed by atoms with van der Waals surface area (Å²) < 4.78 is 52.2. The molecule has 1 aliphatic rings. The molecule has 1 aliphatic heterocycles. The highest BCUT2D eigenvalue weighted by Crippen LogP contribution is 2.25. The highest BCUT2D eigenvalue weighted by atomic mass is 35.5. The largest absolute Gasteiger partial charge is 0.328 e. The maximum Gasteiger partial charge on any atom is 0.243 e. The lowest BCUT2D eigenvalue weighted by Crippen LogP contribution is -2.42. The van der Waals surface area contributed by atoms with Crippen molar-refractivity contribution in [2.24, 2.45) is 11.7 Å². The fraction of sp³-hybridized carbons (Fsp3) is 0.571. The first-order valence-corrected chi connectivity index (χ1v) is 10.4. The van der Waals surface area contributed by atoms with Gasteiger partial charge >= 0.3 is 0 Å². The number of hydrogen-bond acceptors (Lipinski definition) is 5. The number of hydrogen-bond donors (Lipinski definition) is 2. The first-order valence-electron chi connectivity index (χ1n) is 7.48. The second-order valence-corrected chi connectivity index (χ2v) is 9.60. The summed E-state index contributed by atoms with van der Waals surface area (Å²) in [7, 11) is -5.87. The summed E-state index contributed by atoms with van der Waals surface area (Å²) in [5.41, 5.74) is 5.87. The topological polar surface area (TPSA) is 110 Å². The van der Waals surface area contributed by atoms with Gasteiger partial charge in [-0.05, 0) is 57.0 Å². The summed E-state index contributed by atoms with van der Waals surface area (Å²) in [6, 6.07) is 5.32. The number of sulfonamides is 2. The van der Waals surface area contributed by atoms with E-state index in [9.17, 15) is 16.8 Å². The Morgan fingerprint density at radius 1 is 1.08 bits per heavy atom. The molecule has 1 heterocycles. The van der Waals surface area contributed by atoms with Crippen LogP contribution in [-0.4, -0.2) is 47.3 Å². The van der Waals surface area contributed by atoms with Gasteiger partial charge in [0, 0.05) is 19.1 Å². The molecular weight excluding hydrogens is 374 g/mol. The number of benzene rings is 1. The minimum Gasteiger partial charge on any atom is -0.328 e. The Morgan fingerprint density at radius 2 is 1.54 bits per heavy atom. The zero-order chi connectivity index (χ0) is 17.3. The summed E-state index contributed by atoms with van der Waals surface area (Å²) in [4.78, 5) is 0.140. The number of piperidine rings is 1. The van der Waals surface area contributed by atoms with Crippen LogP contribution < -0.4 is 10.5 Å². The third-order valence-electron chi connectivity index (χ3n) is 4.28. The van der Waals surface area contributed by atoms with Crippen molar-refractivity contribution in [1.29, 1.82) is 0 Å². The molecule has 0 saturated carbocycles. The van der Waals surface area contributed by atoms with Crippen LogP contribution in [0.5, 0.6) is 0 Å². The number of nitrogens with one attached hydrogen (secondary N) is 1. The zero-order valence-corrected chi connectivity index (χ0v) is 16.1. The van der Waals surface area contributed by atoms with Gasteiger partial charge in [0.2, 0.25) is 20.0 Å². The molecule has 0 amide bonds. The maximum absolute atomic E-state index is 12.6. The highest BCUT2D eigenvalue weighted by molar-refractivity contribution is 7.89. The van der Waals surface area contributed by atoms with Gasteiger partial charge in [0.15, 0.2) is 0 Å². The molecule has 138 valence electrons. The first kappa shape index (κ1) is 21.3. The number of rotatable bonds is 5. The molecule has 10 heteroatoms. The SMILES string of the molecule is CNS(=O)(=O)c1ccc(S(=O)(=O)N2CCC(C(C)N)CC2)cc1.Cl. The molecule has 0 bridgehead atoms. The standard InChI is InChI=1S/C14H23N3O4S2.ClH/c1-11(15)12-7-9-17(10-8-12)23(20,21)14-5-3-13(4-6-14)22(18,19)16-2;/h3-6,11-12,16H,7-10,15H2,1-2H3;1H. The van der Waals surface area contributed by atoms with Gasteiger partial charge in [-0.15, -0.1) is 12.4 Å². The van der Waals surface area contributed by atoms with Crippen LogP contribution in [0.3, 0.4) is 0 Å². The molecule has 3 N–H and O–H groups in total. The molecule has 0 radical (unpaired) electrons. The van der Waals surface area contributed by atoms with Gasteiger partial charge < -0.3 is 5.73 Å². The molecule has 1 atom stereocenters. The zero-order valence-electron chi connectivity index (χ0n) is 13.7. The minimum absolute atomic E-state index is 0. The lowest BCUT2D eigenvalue weighted by molar-refractivity contribution is 0.250. The summed E-state index contributed by atoms with van der Waals surface area (Å²) in [5, 5.41) is 0. The van der Waals surface area contributed by atoms with E-state index >= 15 is 0 Å². The maximum atomic E-state index is 12.6. The molecule has 2 rings (SSSR count). The Labute approximate surface area is 150 Å². The van der Waals surface area contributed by atoms with Crippen molar-refractivity contribution in [2.75, 3.05) is 20.1 Å². The molecule has 1 aromatic carbocycles. The van der Waals surface area contributed by atoms with Crippen LogP contribution in [0, 0.1) is 5.92 Å². The molecular formula is C14H24ClN3O4S2. The van der Waals surface area contributed by atoms with Crippen molar-refractivity contribution in [1.82, 2.24) is 9.03 Å². The van der Waals surface area contributed by atoms with Crippen molar-refractivity contribution in [3.63, 3.8) is 0 Å². The number of nitrogens with zero attached hydrogens (tertiary/aromatic N) is 1. The predicted octanol–water partition coefficient (Wildman–Crippen LogP) is 0.764. The van der Waals surface area contributed by atoms with E-state index in [2.05, 4.69) is 4.72 Å². The fourth-order valence-corrected chi connectivity index (χ4v) is 4.90. The van der Waals surface area contributed by atoms with Gasteiger partial charge in [-0.2, -0.15) is 4.31 Å². The summed E-state index contributed by atoms with van der Waals surface area (Å²) >= 11 is 0. The smallest absolute Gasteiger partial charge is 0.243 e. The third-order valence-corrected chi connectivity index (χ3v) is 7.63. The molecule has 1 aromatic rings. The van der Waals surface area contributed by atoms with Gasteiger partial charge in [0.25, 0.3) is 0 Å². The summed E-state index contributed by atoms with van der Waals surface area (Å²) in [5.74, 6) is 0.338. The van der Waals surface area contributed by atoms with Crippen molar-refractivity contribution in [3.8, 4) is 0 Å². The van der Waals surface area contributed by atoms with E-state index in [1.54, 1.807) is 0 Å². The average molecular weight is 398 g/mol. The lowest BCUT2D eigenvalue weighted by atomic mass is 9.92. The highest BCUT2D eigenvalue weighted by Gasteiger charge is 2.30. The second-order valence-electron chi connectivity index (χ2n) is 5.78. The Morgan fingerprint density at radius 3 is 1.96 bits per heavy atom. The van der Waals surface area contributed by atoms with E-state index in [1.165, 1.54) is 35.6 Å². The van der Waals surface area contributed by atoms with E-state index in [1.807, 2.05) is 6.92 Å². The lowest BCUT2D eigenvalue weighted by Gasteiger charge is -2.32. The number of halogens is 1. The molecule has 0 spiro atoms. The Bertz CT molecular complexity index is 741. The fourth-order valence-electron chi connectivity index (χ4n) is 2.70. The van der Waals surface area contributed by atoms with Crippen LogP contribution in [0.25, 0.3) is 0 Å². The monoisotopic (exact) mass is 397 g/mol. The Kier molecular flexibility index (Phi) is 7.21. The summed E-state index contributed by atoms with van der Waals surface area (Å²) in [6.45, 7) is 2.81. The first-order chi connectivity index (χ1) is 10.7. The average Bonchev–Trinajstić information content (AvgIpc) is 2.55. The van der Waals surface area contributed by atoms with Crippen molar-refractivity contribution in [2.45, 2.75) is 35.6 Å². The molecule has 1 unspecified atom stereocenters. The van der Waals surface area contributed by atoms with Gasteiger partial charge in [0.05, 0.1) is 9.79 Å². The van der Waals surface area contributed by atoms with E-state index in [0.29, 0.717) is 19.0 Å². The van der Waals surface area contributed by atoms with Crippen LogP contribution in [0.1, 0.15) is 19.8 Å². The molecule has 1 fully saturated rings. The van der Waals surface area contributed by atoms with Gasteiger partial charge in [0.1, 0.15) is 0 Å². The van der Waals surface area contributed by atoms with Crippen molar-refractivity contribution >= 4 is 32.5 Å². The normalized spacial score (nSPS) is 18.8. The second kappa shape index (κ2) is 8.11. The Balaban J connectivity index is 0.00000288. The minimum atomic E-state index is -3.60. The van der Waals surface area contributed by atoms with Crippen LogP contribution in [0.2, 0.25) is 0 Å². The van der Waals surface area contributed by atoms with E-state index in [4.69, 9.17) is 5.73 Å². The van der Waals surface area contributed by atoms with E-state index in [-0.39, 0.29) is 28.2 Å². The molecule has 1 saturated heterocycles. The van der Waals surface area contributed by atoms with Crippen LogP contribution in [0.4, 0.5) is 0 Å². The molecule has 7 nitrogen and oxygen atoms in total. The van der Waals surface area contributed by atoms with Crippen LogP contribution in [-0.2, 0) is 20.0 Å².